The molecule has 0 bridgehead atoms. The zero-order valence-electron chi connectivity index (χ0n) is 17.0. The van der Waals surface area contributed by atoms with Crippen LogP contribution in [0.2, 0.25) is 0 Å². The van der Waals surface area contributed by atoms with Crippen LogP contribution in [0.1, 0.15) is 42.8 Å². The SMILES string of the molecule is CN(Cc1cnc[nH]1)[C@H]1C[C@H]2CCN(Cc3cc4n(n3)CCCNC4)C[C@H]2C1. The number of nitrogens with zero attached hydrogens (tertiary/aromatic N) is 5. The van der Waals surface area contributed by atoms with Gasteiger partial charge < -0.3 is 10.3 Å². The predicted molar refractivity (Wildman–Crippen MR) is 109 cm³/mol. The Hall–Kier alpha value is -1.70. The van der Waals surface area contributed by atoms with Crippen molar-refractivity contribution in [3.05, 3.63) is 35.7 Å². The molecule has 1 saturated heterocycles. The fourth-order valence-electron chi connectivity index (χ4n) is 5.53. The first kappa shape index (κ1) is 18.3. The van der Waals surface area contributed by atoms with Crippen LogP contribution in [0.3, 0.4) is 0 Å². The number of H-pyrrole nitrogens is 1. The van der Waals surface area contributed by atoms with Gasteiger partial charge in [0.05, 0.1) is 17.7 Å². The van der Waals surface area contributed by atoms with Crippen LogP contribution in [0.15, 0.2) is 18.6 Å². The summed E-state index contributed by atoms with van der Waals surface area (Å²) in [6, 6.07) is 3.02. The molecule has 0 aromatic carbocycles. The van der Waals surface area contributed by atoms with E-state index in [4.69, 9.17) is 5.10 Å². The summed E-state index contributed by atoms with van der Waals surface area (Å²) in [6.45, 7) is 7.56. The molecule has 2 N–H and O–H groups in total. The van der Waals surface area contributed by atoms with E-state index < -0.39 is 0 Å². The van der Waals surface area contributed by atoms with E-state index in [2.05, 4.69) is 42.9 Å². The van der Waals surface area contributed by atoms with Gasteiger partial charge >= 0.3 is 0 Å². The minimum atomic E-state index is 0.702. The number of piperidine rings is 1. The summed E-state index contributed by atoms with van der Waals surface area (Å²) in [5.41, 5.74) is 3.82. The highest BCUT2D eigenvalue weighted by Crippen LogP contribution is 2.40. The Labute approximate surface area is 167 Å². The zero-order valence-corrected chi connectivity index (χ0v) is 17.0. The quantitative estimate of drug-likeness (QED) is 0.825. The van der Waals surface area contributed by atoms with E-state index in [1.807, 2.05) is 6.20 Å². The first-order valence-electron chi connectivity index (χ1n) is 10.9. The van der Waals surface area contributed by atoms with Gasteiger partial charge in [-0.25, -0.2) is 4.98 Å². The van der Waals surface area contributed by atoms with E-state index in [1.165, 1.54) is 55.9 Å². The van der Waals surface area contributed by atoms with Gasteiger partial charge in [0.15, 0.2) is 0 Å². The number of nitrogens with one attached hydrogen (secondary N) is 2. The molecular formula is C21H33N7. The van der Waals surface area contributed by atoms with Gasteiger partial charge in [0.2, 0.25) is 0 Å². The molecule has 28 heavy (non-hydrogen) atoms. The molecule has 2 aromatic rings. The van der Waals surface area contributed by atoms with Gasteiger partial charge in [0.1, 0.15) is 0 Å². The molecule has 7 nitrogen and oxygen atoms in total. The first-order valence-corrected chi connectivity index (χ1v) is 10.9. The molecule has 2 fully saturated rings. The highest BCUT2D eigenvalue weighted by Gasteiger charge is 2.39. The second kappa shape index (κ2) is 7.97. The summed E-state index contributed by atoms with van der Waals surface area (Å²) >= 11 is 0. The number of fused-ring (bicyclic) bond motifs is 2. The van der Waals surface area contributed by atoms with E-state index in [9.17, 15) is 0 Å². The number of aromatic nitrogens is 4. The zero-order chi connectivity index (χ0) is 18.9. The minimum Gasteiger partial charge on any atom is -0.347 e. The highest BCUT2D eigenvalue weighted by molar-refractivity contribution is 5.11. The topological polar surface area (TPSA) is 65.0 Å². The van der Waals surface area contributed by atoms with Crippen LogP contribution < -0.4 is 5.32 Å². The Kier molecular flexibility index (Phi) is 5.22. The Morgan fingerprint density at radius 3 is 3.07 bits per heavy atom. The summed E-state index contributed by atoms with van der Waals surface area (Å²) in [5, 5.41) is 8.39. The normalized spacial score (nSPS) is 28.3. The van der Waals surface area contributed by atoms with Crippen LogP contribution in [-0.4, -0.2) is 62.3 Å². The number of imidazole rings is 1. The van der Waals surface area contributed by atoms with Crippen molar-refractivity contribution in [3.63, 3.8) is 0 Å². The third-order valence-corrected chi connectivity index (χ3v) is 7.05. The first-order chi connectivity index (χ1) is 13.7. The maximum absolute atomic E-state index is 4.89. The Morgan fingerprint density at radius 2 is 2.18 bits per heavy atom. The number of aryl methyl sites for hydroxylation is 1. The van der Waals surface area contributed by atoms with Gasteiger partial charge in [-0.2, -0.15) is 5.10 Å². The highest BCUT2D eigenvalue weighted by atomic mass is 15.3. The second-order valence-electron chi connectivity index (χ2n) is 9.04. The van der Waals surface area contributed by atoms with Crippen molar-refractivity contribution < 1.29 is 0 Å². The average Bonchev–Trinajstić information content (AvgIpc) is 3.39. The number of aromatic amines is 1. The number of rotatable bonds is 5. The lowest BCUT2D eigenvalue weighted by molar-refractivity contribution is 0.130. The molecule has 0 spiro atoms. The van der Waals surface area contributed by atoms with E-state index in [1.54, 1.807) is 6.33 Å². The van der Waals surface area contributed by atoms with Crippen LogP contribution in [0.5, 0.6) is 0 Å². The fourth-order valence-corrected chi connectivity index (χ4v) is 5.53. The lowest BCUT2D eigenvalue weighted by atomic mass is 9.89. The standard InChI is InChI=1S/C21H33N7/c1-26(13-19-10-23-15-24-19)20-7-16-3-6-27(12-17(16)8-20)14-18-9-21-11-22-4-2-5-28(21)25-18/h9-10,15-17,20,22H,2-8,11-14H2,1H3,(H,23,24)/t16-,17-,20+/m1/s1. The van der Waals surface area contributed by atoms with E-state index in [0.717, 1.165) is 44.6 Å². The van der Waals surface area contributed by atoms with Gasteiger partial charge in [-0.3, -0.25) is 14.5 Å². The Bertz CT molecular complexity index is 744. The van der Waals surface area contributed by atoms with Crippen LogP contribution in [0.4, 0.5) is 0 Å². The van der Waals surface area contributed by atoms with Crippen molar-refractivity contribution in [2.24, 2.45) is 11.8 Å². The van der Waals surface area contributed by atoms with Crippen LogP contribution >= 0.6 is 0 Å². The summed E-state index contributed by atoms with van der Waals surface area (Å²) in [6.07, 6.45) is 8.93. The van der Waals surface area contributed by atoms with Crippen molar-refractivity contribution in [3.8, 4) is 0 Å². The monoisotopic (exact) mass is 383 g/mol. The van der Waals surface area contributed by atoms with Crippen molar-refractivity contribution in [2.45, 2.75) is 57.9 Å². The van der Waals surface area contributed by atoms with Crippen molar-refractivity contribution in [1.82, 2.24) is 34.9 Å². The molecule has 5 rings (SSSR count). The average molecular weight is 384 g/mol. The Balaban J connectivity index is 1.16. The summed E-state index contributed by atoms with van der Waals surface area (Å²) in [7, 11) is 2.27. The molecule has 2 aliphatic heterocycles. The maximum atomic E-state index is 4.89. The molecule has 1 saturated carbocycles. The maximum Gasteiger partial charge on any atom is 0.0922 e. The van der Waals surface area contributed by atoms with Crippen LogP contribution in [0, 0.1) is 11.8 Å². The molecular weight excluding hydrogens is 350 g/mol. The third-order valence-electron chi connectivity index (χ3n) is 7.05. The molecule has 3 aliphatic rings. The van der Waals surface area contributed by atoms with Gasteiger partial charge in [0.25, 0.3) is 0 Å². The Morgan fingerprint density at radius 1 is 1.25 bits per heavy atom. The molecule has 0 radical (unpaired) electrons. The second-order valence-corrected chi connectivity index (χ2v) is 9.04. The van der Waals surface area contributed by atoms with E-state index >= 15 is 0 Å². The smallest absolute Gasteiger partial charge is 0.0922 e. The molecule has 4 heterocycles. The van der Waals surface area contributed by atoms with E-state index in [-0.39, 0.29) is 0 Å². The predicted octanol–water partition coefficient (Wildman–Crippen LogP) is 1.83. The largest absolute Gasteiger partial charge is 0.347 e. The lowest BCUT2D eigenvalue weighted by Gasteiger charge is -2.34. The molecule has 0 unspecified atom stereocenters. The molecule has 1 aliphatic carbocycles. The van der Waals surface area contributed by atoms with E-state index in [0.29, 0.717) is 6.04 Å². The van der Waals surface area contributed by atoms with Gasteiger partial charge in [0, 0.05) is 50.7 Å². The molecule has 3 atom stereocenters. The fraction of sp³-hybridized carbons (Fsp3) is 0.714. The third kappa shape index (κ3) is 3.88. The lowest BCUT2D eigenvalue weighted by Crippen LogP contribution is -2.38. The van der Waals surface area contributed by atoms with Gasteiger partial charge in [-0.1, -0.05) is 0 Å². The minimum absolute atomic E-state index is 0.702. The summed E-state index contributed by atoms with van der Waals surface area (Å²) in [5.74, 6) is 1.73. The van der Waals surface area contributed by atoms with Crippen LogP contribution in [-0.2, 0) is 26.2 Å². The molecule has 0 amide bonds. The van der Waals surface area contributed by atoms with Gasteiger partial charge in [-0.05, 0) is 63.7 Å². The molecule has 7 heteroatoms. The van der Waals surface area contributed by atoms with Crippen molar-refractivity contribution in [2.75, 3.05) is 26.7 Å². The molecule has 2 aromatic heterocycles. The van der Waals surface area contributed by atoms with Crippen molar-refractivity contribution in [1.29, 1.82) is 0 Å². The summed E-state index contributed by atoms with van der Waals surface area (Å²) < 4.78 is 2.22. The summed E-state index contributed by atoms with van der Waals surface area (Å²) in [4.78, 5) is 12.6. The number of hydrogen-bond acceptors (Lipinski definition) is 5. The number of likely N-dealkylation sites (tertiary alicyclic amines) is 1. The molecule has 152 valence electrons. The van der Waals surface area contributed by atoms with Crippen molar-refractivity contribution >= 4 is 0 Å². The number of hydrogen-bond donors (Lipinski definition) is 2. The van der Waals surface area contributed by atoms with Gasteiger partial charge in [-0.15, -0.1) is 0 Å². The van der Waals surface area contributed by atoms with Crippen LogP contribution in [0.25, 0.3) is 0 Å².